The van der Waals surface area contributed by atoms with E-state index in [1.165, 1.54) is 4.90 Å². The molecule has 0 bridgehead atoms. The fourth-order valence-corrected chi connectivity index (χ4v) is 3.07. The van der Waals surface area contributed by atoms with Crippen molar-refractivity contribution >= 4 is 11.9 Å². The van der Waals surface area contributed by atoms with Crippen molar-refractivity contribution < 1.29 is 23.5 Å². The Morgan fingerprint density at radius 1 is 1.29 bits per heavy atom. The van der Waals surface area contributed by atoms with Gasteiger partial charge in [0.15, 0.2) is 5.78 Å². The third kappa shape index (κ3) is 6.77. The van der Waals surface area contributed by atoms with Crippen LogP contribution in [0.15, 0.2) is 18.2 Å². The normalized spacial score (nSPS) is 19.5. The number of ether oxygens (including phenoxy) is 2. The second kappa shape index (κ2) is 9.85. The quantitative estimate of drug-likeness (QED) is 0.621. The van der Waals surface area contributed by atoms with Crippen LogP contribution < -0.4 is 4.74 Å². The summed E-state index contributed by atoms with van der Waals surface area (Å²) in [6.07, 6.45) is 1.26. The molecule has 1 amide bonds. The third-order valence-corrected chi connectivity index (χ3v) is 4.38. The number of amides is 1. The molecule has 2 rings (SSSR count). The molecule has 1 saturated heterocycles. The molecule has 1 aliphatic rings. The van der Waals surface area contributed by atoms with Gasteiger partial charge in [-0.15, -0.1) is 0 Å². The van der Waals surface area contributed by atoms with E-state index in [0.717, 1.165) is 19.3 Å². The van der Waals surface area contributed by atoms with Crippen LogP contribution in [0, 0.1) is 0 Å². The van der Waals surface area contributed by atoms with Gasteiger partial charge in [0.2, 0.25) is 5.88 Å². The summed E-state index contributed by atoms with van der Waals surface area (Å²) in [5.41, 5.74) is -0.159. The van der Waals surface area contributed by atoms with E-state index in [4.69, 9.17) is 9.47 Å². The molecule has 156 valence electrons. The number of hydrogen-bond acceptors (Lipinski definition) is 5. The molecule has 0 spiro atoms. The molecular formula is C21H31FN2O4. The van der Waals surface area contributed by atoms with Gasteiger partial charge < -0.3 is 9.47 Å². The maximum Gasteiger partial charge on any atom is 0.411 e. The highest BCUT2D eigenvalue weighted by molar-refractivity contribution is 5.89. The lowest BCUT2D eigenvalue weighted by molar-refractivity contribution is -0.122. The van der Waals surface area contributed by atoms with Crippen LogP contribution in [0.5, 0.6) is 5.88 Å². The topological polar surface area (TPSA) is 68.7 Å². The molecule has 2 heterocycles. The molecule has 1 aromatic rings. The number of pyridine rings is 1. The van der Waals surface area contributed by atoms with E-state index in [-0.39, 0.29) is 25.2 Å². The summed E-state index contributed by atoms with van der Waals surface area (Å²) < 4.78 is 24.9. The van der Waals surface area contributed by atoms with Gasteiger partial charge in [0.1, 0.15) is 11.8 Å². The van der Waals surface area contributed by atoms with Gasteiger partial charge in [0.25, 0.3) is 0 Å². The zero-order chi connectivity index (χ0) is 20.7. The van der Waals surface area contributed by atoms with Crippen molar-refractivity contribution in [3.05, 3.63) is 23.9 Å². The van der Waals surface area contributed by atoms with Gasteiger partial charge in [0.05, 0.1) is 31.3 Å². The minimum atomic E-state index is -1.23. The standard InChI is InChI=1S/C21H31FN2O4/c1-5-6-7-11-27-19-10-8-9-16(23-19)13-18(25)17-12-15(22)14-24(17)20(26)28-21(2,3)4/h8-10,15,17H,5-7,11-14H2,1-4H3/t15-,17+/m1/s1. The second-order valence-electron chi connectivity index (χ2n) is 8.15. The molecule has 1 fully saturated rings. The monoisotopic (exact) mass is 394 g/mol. The average molecular weight is 394 g/mol. The summed E-state index contributed by atoms with van der Waals surface area (Å²) in [5, 5.41) is 0. The SMILES string of the molecule is CCCCCOc1cccc(CC(=O)[C@@H]2C[C@@H](F)CN2C(=O)OC(C)(C)C)n1. The molecule has 1 aliphatic heterocycles. The van der Waals surface area contributed by atoms with Crippen molar-refractivity contribution in [1.82, 2.24) is 9.88 Å². The van der Waals surface area contributed by atoms with Crippen LogP contribution in [-0.2, 0) is 16.0 Å². The summed E-state index contributed by atoms with van der Waals surface area (Å²) in [5.74, 6) is 0.224. The first-order chi connectivity index (χ1) is 13.2. The van der Waals surface area contributed by atoms with Crippen molar-refractivity contribution in [1.29, 1.82) is 0 Å². The van der Waals surface area contributed by atoms with E-state index >= 15 is 0 Å². The number of nitrogens with zero attached hydrogens (tertiary/aromatic N) is 2. The number of carbonyl (C=O) groups excluding carboxylic acids is 2. The number of likely N-dealkylation sites (tertiary alicyclic amines) is 1. The lowest BCUT2D eigenvalue weighted by Crippen LogP contribution is -2.44. The third-order valence-electron chi connectivity index (χ3n) is 4.38. The van der Waals surface area contributed by atoms with Crippen LogP contribution >= 0.6 is 0 Å². The number of Topliss-reactive ketones (excluding diaryl/α,β-unsaturated/α-hetero) is 1. The van der Waals surface area contributed by atoms with E-state index in [1.807, 2.05) is 0 Å². The highest BCUT2D eigenvalue weighted by atomic mass is 19.1. The molecule has 2 atom stereocenters. The molecule has 7 heteroatoms. The zero-order valence-corrected chi connectivity index (χ0v) is 17.2. The Balaban J connectivity index is 1.99. The molecule has 0 N–H and O–H groups in total. The lowest BCUT2D eigenvalue weighted by atomic mass is 10.0. The average Bonchev–Trinajstić information content (AvgIpc) is 3.00. The van der Waals surface area contributed by atoms with Crippen LogP contribution in [0.1, 0.15) is 59.1 Å². The Bertz CT molecular complexity index is 675. The number of rotatable bonds is 8. The van der Waals surface area contributed by atoms with Gasteiger partial charge >= 0.3 is 6.09 Å². The van der Waals surface area contributed by atoms with E-state index in [9.17, 15) is 14.0 Å². The Hall–Kier alpha value is -2.18. The molecular weight excluding hydrogens is 363 g/mol. The number of carbonyl (C=O) groups is 2. The predicted molar refractivity (Wildman–Crippen MR) is 104 cm³/mol. The van der Waals surface area contributed by atoms with Gasteiger partial charge in [-0.25, -0.2) is 14.2 Å². The van der Waals surface area contributed by atoms with Gasteiger partial charge in [-0.1, -0.05) is 25.8 Å². The second-order valence-corrected chi connectivity index (χ2v) is 8.15. The fourth-order valence-electron chi connectivity index (χ4n) is 3.07. The minimum Gasteiger partial charge on any atom is -0.478 e. The van der Waals surface area contributed by atoms with Crippen molar-refractivity contribution in [2.45, 2.75) is 77.6 Å². The molecule has 0 aliphatic carbocycles. The van der Waals surface area contributed by atoms with Crippen molar-refractivity contribution in [2.75, 3.05) is 13.2 Å². The number of aromatic nitrogens is 1. The molecule has 0 aromatic carbocycles. The van der Waals surface area contributed by atoms with Crippen LogP contribution in [-0.4, -0.2) is 52.7 Å². The number of alkyl halides is 1. The summed E-state index contributed by atoms with van der Waals surface area (Å²) in [4.78, 5) is 30.7. The molecule has 0 saturated carbocycles. The highest BCUT2D eigenvalue weighted by Gasteiger charge is 2.41. The first-order valence-corrected chi connectivity index (χ1v) is 9.94. The number of unbranched alkanes of at least 4 members (excludes halogenated alkanes) is 2. The smallest absolute Gasteiger partial charge is 0.411 e. The molecule has 28 heavy (non-hydrogen) atoms. The maximum absolute atomic E-state index is 13.9. The molecule has 1 aromatic heterocycles. The summed E-state index contributed by atoms with van der Waals surface area (Å²) >= 11 is 0. The van der Waals surface area contributed by atoms with Crippen molar-refractivity contribution in [3.8, 4) is 5.88 Å². The molecule has 0 radical (unpaired) electrons. The predicted octanol–water partition coefficient (Wildman–Crippen LogP) is 4.11. The van der Waals surface area contributed by atoms with E-state index in [0.29, 0.717) is 18.2 Å². The van der Waals surface area contributed by atoms with Crippen LogP contribution in [0.3, 0.4) is 0 Å². The van der Waals surface area contributed by atoms with E-state index < -0.39 is 23.9 Å². The Morgan fingerprint density at radius 2 is 2.04 bits per heavy atom. The summed E-state index contributed by atoms with van der Waals surface area (Å²) in [6, 6.07) is 4.43. The minimum absolute atomic E-state index is 0.00865. The summed E-state index contributed by atoms with van der Waals surface area (Å²) in [7, 11) is 0. The van der Waals surface area contributed by atoms with Gasteiger partial charge in [-0.3, -0.25) is 9.69 Å². The van der Waals surface area contributed by atoms with Gasteiger partial charge in [-0.05, 0) is 33.3 Å². The highest BCUT2D eigenvalue weighted by Crippen LogP contribution is 2.25. The Labute approximate surface area is 166 Å². The Kier molecular flexibility index (Phi) is 7.78. The number of halogens is 1. The summed E-state index contributed by atoms with van der Waals surface area (Å²) in [6.45, 7) is 7.79. The van der Waals surface area contributed by atoms with E-state index in [1.54, 1.807) is 39.0 Å². The van der Waals surface area contributed by atoms with Crippen LogP contribution in [0.4, 0.5) is 9.18 Å². The van der Waals surface area contributed by atoms with Gasteiger partial charge in [-0.2, -0.15) is 0 Å². The first-order valence-electron chi connectivity index (χ1n) is 9.94. The van der Waals surface area contributed by atoms with Crippen LogP contribution in [0.2, 0.25) is 0 Å². The van der Waals surface area contributed by atoms with Crippen molar-refractivity contribution in [3.63, 3.8) is 0 Å². The van der Waals surface area contributed by atoms with Gasteiger partial charge in [0, 0.05) is 12.5 Å². The largest absolute Gasteiger partial charge is 0.478 e. The Morgan fingerprint density at radius 3 is 2.71 bits per heavy atom. The van der Waals surface area contributed by atoms with Crippen LogP contribution in [0.25, 0.3) is 0 Å². The lowest BCUT2D eigenvalue weighted by Gasteiger charge is -2.27. The maximum atomic E-state index is 13.9. The molecule has 0 unspecified atom stereocenters. The number of hydrogen-bond donors (Lipinski definition) is 0. The first kappa shape index (κ1) is 22.1. The van der Waals surface area contributed by atoms with Crippen molar-refractivity contribution in [2.24, 2.45) is 0 Å². The molecule has 6 nitrogen and oxygen atoms in total. The fraction of sp³-hybridized carbons (Fsp3) is 0.667. The number of ketones is 1. The zero-order valence-electron chi connectivity index (χ0n) is 17.2. The van der Waals surface area contributed by atoms with E-state index in [2.05, 4.69) is 11.9 Å².